The summed E-state index contributed by atoms with van der Waals surface area (Å²) in [6.45, 7) is 3.68. The summed E-state index contributed by atoms with van der Waals surface area (Å²) in [6.07, 6.45) is 0. The van der Waals surface area contributed by atoms with E-state index >= 15 is 0 Å². The lowest BCUT2D eigenvalue weighted by molar-refractivity contribution is -0.139. The van der Waals surface area contributed by atoms with Crippen LogP contribution in [0.5, 0.6) is 0 Å². The molecule has 0 saturated carbocycles. The number of rotatable bonds is 8. The third-order valence-corrected chi connectivity index (χ3v) is 6.48. The van der Waals surface area contributed by atoms with Crippen LogP contribution in [0.1, 0.15) is 28.3 Å². The summed E-state index contributed by atoms with van der Waals surface area (Å²) >= 11 is 0. The highest BCUT2D eigenvalue weighted by atomic mass is 32.2. The van der Waals surface area contributed by atoms with Crippen LogP contribution in [-0.2, 0) is 19.6 Å². The first-order chi connectivity index (χ1) is 14.8. The van der Waals surface area contributed by atoms with Crippen LogP contribution >= 0.6 is 0 Å². The van der Waals surface area contributed by atoms with Crippen LogP contribution in [0.4, 0.5) is 5.69 Å². The predicted octanol–water partition coefficient (Wildman–Crippen LogP) is 3.96. The molecule has 0 saturated heterocycles. The van der Waals surface area contributed by atoms with Crippen LogP contribution in [0.3, 0.4) is 0 Å². The second-order valence-electron chi connectivity index (χ2n) is 7.26. The van der Waals surface area contributed by atoms with Crippen molar-refractivity contribution in [2.45, 2.75) is 24.8 Å². The minimum absolute atomic E-state index is 0.0199. The van der Waals surface area contributed by atoms with Crippen molar-refractivity contribution in [1.29, 1.82) is 0 Å². The van der Waals surface area contributed by atoms with Crippen LogP contribution in [-0.4, -0.2) is 28.0 Å². The van der Waals surface area contributed by atoms with E-state index < -0.39 is 22.0 Å². The average molecular weight is 439 g/mol. The maximum Gasteiger partial charge on any atom is 0.319 e. The Hall–Kier alpha value is -3.16. The largest absolute Gasteiger partial charge is 0.468 e. The molecule has 0 aliphatic rings. The molecule has 0 fully saturated rings. The molecule has 0 aromatic heterocycles. The lowest BCUT2D eigenvalue weighted by Gasteiger charge is -2.23. The molecule has 0 amide bonds. The number of nitrogens with one attached hydrogen (secondary N) is 2. The first-order valence-electron chi connectivity index (χ1n) is 9.86. The molecule has 1 atom stereocenters. The quantitative estimate of drug-likeness (QED) is 0.520. The van der Waals surface area contributed by atoms with E-state index in [0.717, 1.165) is 11.1 Å². The first-order valence-corrected chi connectivity index (χ1v) is 11.3. The summed E-state index contributed by atoms with van der Waals surface area (Å²) in [5.41, 5.74) is 3.68. The lowest BCUT2D eigenvalue weighted by Crippen LogP contribution is -2.30. The Morgan fingerprint density at radius 2 is 1.65 bits per heavy atom. The van der Waals surface area contributed by atoms with Crippen LogP contribution in [0.15, 0.2) is 77.7 Å². The number of sulfonamides is 1. The molecule has 3 aromatic carbocycles. The van der Waals surface area contributed by atoms with Crippen molar-refractivity contribution in [1.82, 2.24) is 5.32 Å². The van der Waals surface area contributed by atoms with Crippen LogP contribution in [0, 0.1) is 13.8 Å². The van der Waals surface area contributed by atoms with Gasteiger partial charge in [0.15, 0.2) is 0 Å². The van der Waals surface area contributed by atoms with Crippen molar-refractivity contribution in [3.8, 4) is 0 Å². The molecule has 0 bridgehead atoms. The molecule has 0 radical (unpaired) electrons. The average Bonchev–Trinajstić information content (AvgIpc) is 2.76. The normalized spacial score (nSPS) is 12.2. The second-order valence-corrected chi connectivity index (χ2v) is 8.91. The van der Waals surface area contributed by atoms with E-state index in [0.29, 0.717) is 16.8 Å². The molecule has 6 nitrogen and oxygen atoms in total. The maximum atomic E-state index is 13.1. The summed E-state index contributed by atoms with van der Waals surface area (Å²) in [6, 6.07) is 21.5. The van der Waals surface area contributed by atoms with Crippen molar-refractivity contribution in [2.75, 3.05) is 18.4 Å². The number of hydrogen-bond donors (Lipinski definition) is 2. The van der Waals surface area contributed by atoms with E-state index in [9.17, 15) is 13.2 Å². The molecule has 162 valence electrons. The van der Waals surface area contributed by atoms with Crippen molar-refractivity contribution in [3.05, 3.63) is 95.1 Å². The minimum atomic E-state index is -3.80. The SMILES string of the molecule is COC(=O)CN[C@H](c1ccccc1)c1cc(C)ccc1NS(=O)(=O)c1ccccc1C. The highest BCUT2D eigenvalue weighted by Gasteiger charge is 2.23. The molecule has 7 heteroatoms. The van der Waals surface area contributed by atoms with Gasteiger partial charge in [0.05, 0.1) is 30.3 Å². The van der Waals surface area contributed by atoms with E-state index in [2.05, 4.69) is 10.0 Å². The van der Waals surface area contributed by atoms with E-state index in [1.54, 1.807) is 37.3 Å². The van der Waals surface area contributed by atoms with Gasteiger partial charge in [-0.15, -0.1) is 0 Å². The Kier molecular flexibility index (Phi) is 7.09. The number of hydrogen-bond acceptors (Lipinski definition) is 5. The van der Waals surface area contributed by atoms with Crippen molar-refractivity contribution in [3.63, 3.8) is 0 Å². The van der Waals surface area contributed by atoms with Gasteiger partial charge in [0, 0.05) is 0 Å². The number of aryl methyl sites for hydroxylation is 2. The second kappa shape index (κ2) is 9.76. The smallest absolute Gasteiger partial charge is 0.319 e. The topological polar surface area (TPSA) is 84.5 Å². The molecular formula is C24H26N2O4S. The molecule has 0 aliphatic heterocycles. The Morgan fingerprint density at radius 1 is 0.968 bits per heavy atom. The molecule has 0 heterocycles. The first kappa shape index (κ1) is 22.5. The Balaban J connectivity index is 2.05. The third-order valence-electron chi connectivity index (χ3n) is 4.96. The minimum Gasteiger partial charge on any atom is -0.468 e. The number of carbonyl (C=O) groups excluding carboxylic acids is 1. The van der Waals surface area contributed by atoms with Crippen molar-refractivity contribution in [2.24, 2.45) is 0 Å². The third kappa shape index (κ3) is 5.51. The number of esters is 1. The monoisotopic (exact) mass is 438 g/mol. The molecule has 3 aromatic rings. The van der Waals surface area contributed by atoms with E-state index in [1.807, 2.05) is 49.4 Å². The van der Waals surface area contributed by atoms with E-state index in [1.165, 1.54) is 7.11 Å². The van der Waals surface area contributed by atoms with Gasteiger partial charge in [0.1, 0.15) is 0 Å². The standard InChI is InChI=1S/C24H26N2O4S/c1-17-13-14-21(26-31(28,29)22-12-8-7-9-18(22)2)20(15-17)24(25-16-23(27)30-3)19-10-5-4-6-11-19/h4-15,24-26H,16H2,1-3H3/t24-/m1/s1. The number of carbonyl (C=O) groups is 1. The van der Waals surface area contributed by atoms with Crippen LogP contribution in [0.2, 0.25) is 0 Å². The van der Waals surface area contributed by atoms with Gasteiger partial charge < -0.3 is 4.74 Å². The van der Waals surface area contributed by atoms with Gasteiger partial charge in [-0.3, -0.25) is 14.8 Å². The van der Waals surface area contributed by atoms with Gasteiger partial charge in [-0.25, -0.2) is 8.42 Å². The van der Waals surface area contributed by atoms with Gasteiger partial charge in [-0.05, 0) is 42.7 Å². The zero-order valence-corrected chi connectivity index (χ0v) is 18.6. The Labute approximate surface area is 183 Å². The van der Waals surface area contributed by atoms with Gasteiger partial charge in [-0.2, -0.15) is 0 Å². The molecule has 0 aliphatic carbocycles. The summed E-state index contributed by atoms with van der Waals surface area (Å²) in [7, 11) is -2.47. The summed E-state index contributed by atoms with van der Waals surface area (Å²) in [5.74, 6) is -0.407. The van der Waals surface area contributed by atoms with Crippen molar-refractivity contribution >= 4 is 21.7 Å². The van der Waals surface area contributed by atoms with Gasteiger partial charge in [0.25, 0.3) is 10.0 Å². The fourth-order valence-electron chi connectivity index (χ4n) is 3.38. The van der Waals surface area contributed by atoms with Gasteiger partial charge in [0.2, 0.25) is 0 Å². The summed E-state index contributed by atoms with van der Waals surface area (Å²) < 4.78 is 33.8. The zero-order chi connectivity index (χ0) is 22.4. The molecular weight excluding hydrogens is 412 g/mol. The lowest BCUT2D eigenvalue weighted by atomic mass is 9.96. The molecule has 31 heavy (non-hydrogen) atoms. The number of ether oxygens (including phenoxy) is 1. The van der Waals surface area contributed by atoms with Crippen molar-refractivity contribution < 1.29 is 17.9 Å². The maximum absolute atomic E-state index is 13.1. The van der Waals surface area contributed by atoms with Gasteiger partial charge in [-0.1, -0.05) is 66.2 Å². The fourth-order valence-corrected chi connectivity index (χ4v) is 4.72. The van der Waals surface area contributed by atoms with Crippen LogP contribution < -0.4 is 10.0 Å². The molecule has 2 N–H and O–H groups in total. The number of methoxy groups -OCH3 is 1. The predicted molar refractivity (Wildman–Crippen MR) is 121 cm³/mol. The van der Waals surface area contributed by atoms with Crippen LogP contribution in [0.25, 0.3) is 0 Å². The molecule has 0 spiro atoms. The molecule has 0 unspecified atom stereocenters. The summed E-state index contributed by atoms with van der Waals surface area (Å²) in [4.78, 5) is 12.0. The highest BCUT2D eigenvalue weighted by Crippen LogP contribution is 2.31. The highest BCUT2D eigenvalue weighted by molar-refractivity contribution is 7.92. The van der Waals surface area contributed by atoms with E-state index in [-0.39, 0.29) is 11.4 Å². The molecule has 3 rings (SSSR count). The fraction of sp³-hybridized carbons (Fsp3) is 0.208. The number of benzene rings is 3. The summed E-state index contributed by atoms with van der Waals surface area (Å²) in [5, 5.41) is 3.20. The number of anilines is 1. The Bertz CT molecular complexity index is 1160. The Morgan fingerprint density at radius 3 is 2.32 bits per heavy atom. The van der Waals surface area contributed by atoms with E-state index in [4.69, 9.17) is 4.74 Å². The van der Waals surface area contributed by atoms with Gasteiger partial charge >= 0.3 is 5.97 Å². The zero-order valence-electron chi connectivity index (χ0n) is 17.8.